The van der Waals surface area contributed by atoms with Crippen LogP contribution in [-0.4, -0.2) is 60.0 Å². The fourth-order valence-corrected chi connectivity index (χ4v) is 5.13. The minimum absolute atomic E-state index is 0.139. The summed E-state index contributed by atoms with van der Waals surface area (Å²) < 4.78 is 0. The summed E-state index contributed by atoms with van der Waals surface area (Å²) in [6.07, 6.45) is 1.81. The smallest absolute Gasteiger partial charge is 0.226 e. The molecular formula is C24H32N5O+. The van der Waals surface area contributed by atoms with E-state index in [9.17, 15) is 4.79 Å². The maximum Gasteiger partial charge on any atom is 0.226 e. The van der Waals surface area contributed by atoms with Crippen LogP contribution in [0.3, 0.4) is 0 Å². The molecule has 158 valence electrons. The Bertz CT molecular complexity index is 923. The predicted octanol–water partition coefficient (Wildman–Crippen LogP) is 1.20. The number of benzene rings is 1. The molecule has 0 unspecified atom stereocenters. The van der Waals surface area contributed by atoms with Gasteiger partial charge in [0.2, 0.25) is 5.91 Å². The second-order valence-corrected chi connectivity index (χ2v) is 8.98. The van der Waals surface area contributed by atoms with Crippen molar-refractivity contribution in [1.82, 2.24) is 14.9 Å². The number of quaternary nitrogens is 1. The van der Waals surface area contributed by atoms with E-state index in [1.54, 1.807) is 4.90 Å². The van der Waals surface area contributed by atoms with E-state index in [2.05, 4.69) is 41.0 Å². The molecule has 1 saturated carbocycles. The maximum atomic E-state index is 13.3. The number of likely N-dealkylation sites (N-methyl/N-ethyl adjacent to an activating group) is 1. The lowest BCUT2D eigenvalue weighted by Crippen LogP contribution is -3.14. The van der Waals surface area contributed by atoms with E-state index in [1.165, 1.54) is 17.7 Å². The van der Waals surface area contributed by atoms with Crippen molar-refractivity contribution in [3.63, 3.8) is 0 Å². The number of rotatable bonds is 4. The van der Waals surface area contributed by atoms with Gasteiger partial charge in [-0.25, -0.2) is 9.97 Å². The van der Waals surface area contributed by atoms with Gasteiger partial charge >= 0.3 is 0 Å². The Kier molecular flexibility index (Phi) is 5.19. The maximum absolute atomic E-state index is 13.3. The average molecular weight is 407 g/mol. The Hall–Kier alpha value is -2.47. The normalized spacial score (nSPS) is 23.9. The molecular weight excluding hydrogens is 374 g/mol. The summed E-state index contributed by atoms with van der Waals surface area (Å²) in [4.78, 5) is 29.0. The molecule has 1 N–H and O–H groups in total. The molecule has 1 aromatic heterocycles. The first kappa shape index (κ1) is 19.5. The highest BCUT2D eigenvalue weighted by atomic mass is 16.2. The van der Waals surface area contributed by atoms with Crippen molar-refractivity contribution in [3.8, 4) is 0 Å². The molecule has 30 heavy (non-hydrogen) atoms. The zero-order valence-corrected chi connectivity index (χ0v) is 18.1. The summed E-state index contributed by atoms with van der Waals surface area (Å²) in [6, 6.07) is 10.5. The third kappa shape index (κ3) is 3.69. The van der Waals surface area contributed by atoms with E-state index in [1.807, 2.05) is 13.0 Å². The number of carbonyl (C=O) groups excluding carboxylic acids is 1. The molecule has 3 aliphatic rings. The van der Waals surface area contributed by atoms with Gasteiger partial charge in [-0.05, 0) is 31.7 Å². The quantitative estimate of drug-likeness (QED) is 0.829. The molecule has 0 radical (unpaired) electrons. The van der Waals surface area contributed by atoms with Crippen molar-refractivity contribution < 1.29 is 9.69 Å². The van der Waals surface area contributed by atoms with Gasteiger partial charge in [-0.1, -0.05) is 30.3 Å². The van der Waals surface area contributed by atoms with Crippen LogP contribution < -0.4 is 9.80 Å². The minimum Gasteiger partial charge on any atom is -0.345 e. The Morgan fingerprint density at radius 1 is 1.13 bits per heavy atom. The van der Waals surface area contributed by atoms with Gasteiger partial charge in [-0.15, -0.1) is 0 Å². The van der Waals surface area contributed by atoms with Gasteiger partial charge in [0.15, 0.2) is 0 Å². The van der Waals surface area contributed by atoms with E-state index >= 15 is 0 Å². The number of carbonyl (C=O) groups is 1. The molecule has 2 aromatic rings. The Morgan fingerprint density at radius 3 is 2.63 bits per heavy atom. The van der Waals surface area contributed by atoms with E-state index in [4.69, 9.17) is 9.97 Å². The van der Waals surface area contributed by atoms with Crippen LogP contribution in [0.15, 0.2) is 30.3 Å². The fourth-order valence-electron chi connectivity index (χ4n) is 5.13. The van der Waals surface area contributed by atoms with Gasteiger partial charge in [0, 0.05) is 24.4 Å². The van der Waals surface area contributed by atoms with Crippen LogP contribution in [0.2, 0.25) is 0 Å². The van der Waals surface area contributed by atoms with Crippen LogP contribution in [0.5, 0.6) is 0 Å². The van der Waals surface area contributed by atoms with Crippen LogP contribution in [0, 0.1) is 12.8 Å². The number of nitrogens with zero attached hydrogens (tertiary/aromatic N) is 4. The first-order chi connectivity index (χ1) is 14.6. The highest BCUT2D eigenvalue weighted by molar-refractivity contribution is 5.83. The summed E-state index contributed by atoms with van der Waals surface area (Å²) in [6.45, 7) is 11.2. The zero-order valence-electron chi connectivity index (χ0n) is 18.1. The van der Waals surface area contributed by atoms with E-state index in [0.717, 1.165) is 62.9 Å². The predicted molar refractivity (Wildman–Crippen MR) is 117 cm³/mol. The fraction of sp³-hybridized carbons (Fsp3) is 0.542. The van der Waals surface area contributed by atoms with Crippen molar-refractivity contribution in [3.05, 3.63) is 53.0 Å². The number of anilines is 1. The summed E-state index contributed by atoms with van der Waals surface area (Å²) in [5.74, 6) is 2.75. The molecule has 3 heterocycles. The van der Waals surface area contributed by atoms with Crippen molar-refractivity contribution in [2.24, 2.45) is 5.92 Å². The monoisotopic (exact) mass is 406 g/mol. The lowest BCUT2D eigenvalue weighted by molar-refractivity contribution is -0.898. The van der Waals surface area contributed by atoms with Crippen LogP contribution in [-0.2, 0) is 17.8 Å². The SMILES string of the molecule is CC[NH+]1CCN(c2nc(C)nc3c2CN(C(=O)[C@@H]2C[C@H]2c2ccccc2)CC3)CC1. The third-order valence-corrected chi connectivity index (χ3v) is 7.07. The number of aromatic nitrogens is 2. The first-order valence-corrected chi connectivity index (χ1v) is 11.4. The molecule has 1 amide bonds. The first-order valence-electron chi connectivity index (χ1n) is 11.4. The van der Waals surface area contributed by atoms with Gasteiger partial charge in [0.25, 0.3) is 0 Å². The van der Waals surface area contributed by atoms with Crippen LogP contribution >= 0.6 is 0 Å². The summed E-state index contributed by atoms with van der Waals surface area (Å²) in [7, 11) is 0. The van der Waals surface area contributed by atoms with Crippen LogP contribution in [0.1, 0.15) is 41.9 Å². The Labute approximate surface area is 178 Å². The molecule has 2 aliphatic heterocycles. The van der Waals surface area contributed by atoms with Gasteiger partial charge in [0.1, 0.15) is 11.6 Å². The van der Waals surface area contributed by atoms with Crippen LogP contribution in [0.25, 0.3) is 0 Å². The van der Waals surface area contributed by atoms with Crippen LogP contribution in [0.4, 0.5) is 5.82 Å². The molecule has 0 bridgehead atoms. The lowest BCUT2D eigenvalue weighted by atomic mass is 10.0. The molecule has 6 heteroatoms. The number of hydrogen-bond donors (Lipinski definition) is 1. The van der Waals surface area contributed by atoms with Crippen molar-refractivity contribution in [2.75, 3.05) is 44.2 Å². The number of amides is 1. The standard InChI is InChI=1S/C24H31N5O/c1-3-27-11-13-28(14-12-27)23-21-16-29(10-9-22(21)25-17(2)26-23)24(30)20-15-19(20)18-7-5-4-6-8-18/h4-8,19-20H,3,9-16H2,1-2H3/p+1/t19-,20+/m0/s1. The molecule has 5 rings (SSSR count). The van der Waals surface area contributed by atoms with E-state index in [0.29, 0.717) is 18.4 Å². The molecule has 0 spiro atoms. The van der Waals surface area contributed by atoms with Gasteiger partial charge in [0.05, 0.1) is 45.0 Å². The zero-order chi connectivity index (χ0) is 20.7. The number of nitrogens with one attached hydrogen (secondary N) is 1. The molecule has 6 nitrogen and oxygen atoms in total. The van der Waals surface area contributed by atoms with Crippen molar-refractivity contribution in [2.45, 2.75) is 39.2 Å². The van der Waals surface area contributed by atoms with Crippen molar-refractivity contribution in [1.29, 1.82) is 0 Å². The van der Waals surface area contributed by atoms with E-state index in [-0.39, 0.29) is 5.92 Å². The van der Waals surface area contributed by atoms with Gasteiger partial charge in [-0.3, -0.25) is 4.79 Å². The largest absolute Gasteiger partial charge is 0.345 e. The van der Waals surface area contributed by atoms with E-state index < -0.39 is 0 Å². The highest BCUT2D eigenvalue weighted by Gasteiger charge is 2.46. The topological polar surface area (TPSA) is 53.8 Å². The second-order valence-electron chi connectivity index (χ2n) is 8.98. The Morgan fingerprint density at radius 2 is 1.90 bits per heavy atom. The average Bonchev–Trinajstić information content (AvgIpc) is 3.59. The summed E-state index contributed by atoms with van der Waals surface area (Å²) in [5.41, 5.74) is 3.61. The third-order valence-electron chi connectivity index (χ3n) is 7.07. The molecule has 2 fully saturated rings. The minimum atomic E-state index is 0.139. The molecule has 1 aromatic carbocycles. The van der Waals surface area contributed by atoms with Gasteiger partial charge in [-0.2, -0.15) is 0 Å². The second kappa shape index (κ2) is 7.99. The number of hydrogen-bond acceptors (Lipinski definition) is 4. The molecule has 2 atom stereocenters. The van der Waals surface area contributed by atoms with Crippen molar-refractivity contribution >= 4 is 11.7 Å². The number of aryl methyl sites for hydroxylation is 1. The van der Waals surface area contributed by atoms with Gasteiger partial charge < -0.3 is 14.7 Å². The Balaban J connectivity index is 1.33. The molecule has 1 aliphatic carbocycles. The lowest BCUT2D eigenvalue weighted by Gasteiger charge is -2.36. The summed E-state index contributed by atoms with van der Waals surface area (Å²) >= 11 is 0. The number of piperazine rings is 1. The highest BCUT2D eigenvalue weighted by Crippen LogP contribution is 2.48. The summed E-state index contributed by atoms with van der Waals surface area (Å²) in [5, 5.41) is 0. The molecule has 1 saturated heterocycles. The number of fused-ring (bicyclic) bond motifs is 1.